The summed E-state index contributed by atoms with van der Waals surface area (Å²) in [5, 5.41) is 19.5. The van der Waals surface area contributed by atoms with Crippen molar-refractivity contribution in [2.45, 2.75) is 6.61 Å². The van der Waals surface area contributed by atoms with Gasteiger partial charge in [-0.3, -0.25) is 10.1 Å². The number of nitrogens with zero attached hydrogens (tertiary/aromatic N) is 2. The number of hydrogen-bond acceptors (Lipinski definition) is 4. The fourth-order valence-electron chi connectivity index (χ4n) is 1.56. The van der Waals surface area contributed by atoms with Gasteiger partial charge in [0.05, 0.1) is 21.6 Å². The van der Waals surface area contributed by atoms with Crippen molar-refractivity contribution < 1.29 is 9.66 Å². The summed E-state index contributed by atoms with van der Waals surface area (Å²) in [5.74, 6) is 0.377. The molecule has 0 fully saturated rings. The minimum atomic E-state index is -0.518. The van der Waals surface area contributed by atoms with E-state index in [2.05, 4.69) is 0 Å². The maximum Gasteiger partial charge on any atom is 0.271 e. The lowest BCUT2D eigenvalue weighted by atomic mass is 10.1. The highest BCUT2D eigenvalue weighted by molar-refractivity contribution is 6.32. The number of halogens is 1. The Labute approximate surface area is 120 Å². The lowest BCUT2D eigenvalue weighted by Gasteiger charge is -2.07. The maximum atomic E-state index is 10.6. The molecule has 2 rings (SSSR count). The van der Waals surface area contributed by atoms with E-state index >= 15 is 0 Å². The van der Waals surface area contributed by atoms with Gasteiger partial charge in [0.15, 0.2) is 0 Å². The Hall–Kier alpha value is -2.58. The zero-order valence-corrected chi connectivity index (χ0v) is 11.0. The average Bonchev–Trinajstić information content (AvgIpc) is 2.46. The number of hydrogen-bond donors (Lipinski definition) is 0. The Bertz CT molecular complexity index is 678. The van der Waals surface area contributed by atoms with Crippen LogP contribution in [0.15, 0.2) is 42.5 Å². The third-order valence-corrected chi connectivity index (χ3v) is 2.90. The molecule has 0 aliphatic carbocycles. The van der Waals surface area contributed by atoms with E-state index in [1.54, 1.807) is 24.3 Å². The number of non-ortho nitro benzene ring substituents is 1. The first-order valence-electron chi connectivity index (χ1n) is 5.66. The van der Waals surface area contributed by atoms with Crippen LogP contribution in [0.5, 0.6) is 5.75 Å². The third-order valence-electron chi connectivity index (χ3n) is 2.60. The SMILES string of the molecule is N#Cc1ccc(COc2ccc([N+](=O)[O-])cc2Cl)cc1. The van der Waals surface area contributed by atoms with Crippen molar-refractivity contribution >= 4 is 17.3 Å². The molecule has 0 saturated heterocycles. The average molecular weight is 289 g/mol. The highest BCUT2D eigenvalue weighted by Gasteiger charge is 2.10. The Morgan fingerprint density at radius 3 is 2.50 bits per heavy atom. The summed E-state index contributed by atoms with van der Waals surface area (Å²) in [4.78, 5) is 10.1. The van der Waals surface area contributed by atoms with Crippen LogP contribution in [0, 0.1) is 21.4 Å². The molecule has 0 bridgehead atoms. The lowest BCUT2D eigenvalue weighted by Crippen LogP contribution is -1.96. The van der Waals surface area contributed by atoms with Crippen LogP contribution in [0.1, 0.15) is 11.1 Å². The molecule has 0 saturated carbocycles. The van der Waals surface area contributed by atoms with Gasteiger partial charge in [-0.25, -0.2) is 0 Å². The van der Waals surface area contributed by atoms with Gasteiger partial charge in [0.25, 0.3) is 5.69 Å². The van der Waals surface area contributed by atoms with Crippen LogP contribution in [0.25, 0.3) is 0 Å². The number of nitro benzene ring substituents is 1. The summed E-state index contributed by atoms with van der Waals surface area (Å²) in [5.41, 5.74) is 1.36. The third kappa shape index (κ3) is 3.25. The Balaban J connectivity index is 2.07. The summed E-state index contributed by atoms with van der Waals surface area (Å²) in [6.45, 7) is 0.267. The van der Waals surface area contributed by atoms with E-state index in [-0.39, 0.29) is 17.3 Å². The Kier molecular flexibility index (Phi) is 4.18. The van der Waals surface area contributed by atoms with Crippen LogP contribution < -0.4 is 4.74 Å². The molecule has 5 nitrogen and oxygen atoms in total. The van der Waals surface area contributed by atoms with Gasteiger partial charge in [-0.05, 0) is 23.8 Å². The summed E-state index contributed by atoms with van der Waals surface area (Å²) >= 11 is 5.91. The molecule has 0 aliphatic rings. The number of rotatable bonds is 4. The largest absolute Gasteiger partial charge is 0.487 e. The molecule has 2 aromatic rings. The molecule has 0 N–H and O–H groups in total. The molecule has 0 aromatic heterocycles. The van der Waals surface area contributed by atoms with Crippen LogP contribution in [0.4, 0.5) is 5.69 Å². The van der Waals surface area contributed by atoms with Crippen molar-refractivity contribution in [3.63, 3.8) is 0 Å². The second kappa shape index (κ2) is 6.04. The van der Waals surface area contributed by atoms with E-state index in [0.717, 1.165) is 5.56 Å². The number of nitriles is 1. The Morgan fingerprint density at radius 2 is 1.95 bits per heavy atom. The summed E-state index contributed by atoms with van der Waals surface area (Å²) in [6, 6.07) is 13.0. The first kappa shape index (κ1) is 13.8. The number of ether oxygens (including phenoxy) is 1. The zero-order valence-electron chi connectivity index (χ0n) is 10.2. The molecule has 0 aliphatic heterocycles. The van der Waals surface area contributed by atoms with Crippen LogP contribution in [0.2, 0.25) is 5.02 Å². The molecule has 20 heavy (non-hydrogen) atoms. The number of nitro groups is 1. The maximum absolute atomic E-state index is 10.6. The topological polar surface area (TPSA) is 76.2 Å². The van der Waals surface area contributed by atoms with E-state index in [1.807, 2.05) is 6.07 Å². The molecule has 6 heteroatoms. The van der Waals surface area contributed by atoms with Crippen molar-refractivity contribution in [1.29, 1.82) is 5.26 Å². The minimum Gasteiger partial charge on any atom is -0.487 e. The normalized spacial score (nSPS) is 9.80. The molecule has 2 aromatic carbocycles. The van der Waals surface area contributed by atoms with E-state index in [4.69, 9.17) is 21.6 Å². The monoisotopic (exact) mass is 288 g/mol. The van der Waals surface area contributed by atoms with Gasteiger partial charge < -0.3 is 4.74 Å². The zero-order chi connectivity index (χ0) is 14.5. The smallest absolute Gasteiger partial charge is 0.271 e. The molecule has 0 amide bonds. The van der Waals surface area contributed by atoms with Crippen molar-refractivity contribution in [2.24, 2.45) is 0 Å². The van der Waals surface area contributed by atoms with Gasteiger partial charge in [-0.1, -0.05) is 23.7 Å². The van der Waals surface area contributed by atoms with Gasteiger partial charge in [-0.2, -0.15) is 5.26 Å². The second-order valence-corrected chi connectivity index (χ2v) is 4.38. The van der Waals surface area contributed by atoms with Crippen LogP contribution >= 0.6 is 11.6 Å². The minimum absolute atomic E-state index is 0.0827. The highest BCUT2D eigenvalue weighted by Crippen LogP contribution is 2.29. The second-order valence-electron chi connectivity index (χ2n) is 3.97. The van der Waals surface area contributed by atoms with Gasteiger partial charge in [-0.15, -0.1) is 0 Å². The van der Waals surface area contributed by atoms with Gasteiger partial charge in [0.2, 0.25) is 0 Å². The molecule has 0 spiro atoms. The lowest BCUT2D eigenvalue weighted by molar-refractivity contribution is -0.384. The first-order chi connectivity index (χ1) is 9.60. The molecule has 0 unspecified atom stereocenters. The molecular weight excluding hydrogens is 280 g/mol. The summed E-state index contributed by atoms with van der Waals surface area (Å²) < 4.78 is 5.49. The predicted molar refractivity (Wildman–Crippen MR) is 73.6 cm³/mol. The van der Waals surface area contributed by atoms with Crippen molar-refractivity contribution in [3.05, 3.63) is 68.7 Å². The summed E-state index contributed by atoms with van der Waals surface area (Å²) in [7, 11) is 0. The molecule has 0 atom stereocenters. The molecule has 0 heterocycles. The van der Waals surface area contributed by atoms with E-state index < -0.39 is 4.92 Å². The predicted octanol–water partition coefficient (Wildman–Crippen LogP) is 3.70. The fraction of sp³-hybridized carbons (Fsp3) is 0.0714. The van der Waals surface area contributed by atoms with Crippen LogP contribution in [-0.4, -0.2) is 4.92 Å². The number of benzene rings is 2. The van der Waals surface area contributed by atoms with Crippen LogP contribution in [0.3, 0.4) is 0 Å². The fourth-order valence-corrected chi connectivity index (χ4v) is 1.79. The molecular formula is C14H9ClN2O3. The van der Waals surface area contributed by atoms with Gasteiger partial charge in [0, 0.05) is 12.1 Å². The molecule has 0 radical (unpaired) electrons. The highest BCUT2D eigenvalue weighted by atomic mass is 35.5. The standard InChI is InChI=1S/C14H9ClN2O3/c15-13-7-12(17(18)19)5-6-14(13)20-9-11-3-1-10(8-16)2-4-11/h1-7H,9H2. The first-order valence-corrected chi connectivity index (χ1v) is 6.04. The van der Waals surface area contributed by atoms with E-state index in [1.165, 1.54) is 18.2 Å². The quantitative estimate of drug-likeness (QED) is 0.635. The van der Waals surface area contributed by atoms with Crippen molar-refractivity contribution in [1.82, 2.24) is 0 Å². The van der Waals surface area contributed by atoms with E-state index in [0.29, 0.717) is 11.3 Å². The molecule has 100 valence electrons. The van der Waals surface area contributed by atoms with Crippen LogP contribution in [-0.2, 0) is 6.61 Å². The summed E-state index contributed by atoms with van der Waals surface area (Å²) in [6.07, 6.45) is 0. The Morgan fingerprint density at radius 1 is 1.25 bits per heavy atom. The van der Waals surface area contributed by atoms with Gasteiger partial charge in [0.1, 0.15) is 12.4 Å². The van der Waals surface area contributed by atoms with E-state index in [9.17, 15) is 10.1 Å². The van der Waals surface area contributed by atoms with Crippen molar-refractivity contribution in [2.75, 3.05) is 0 Å². The van der Waals surface area contributed by atoms with Gasteiger partial charge >= 0.3 is 0 Å². The van der Waals surface area contributed by atoms with Crippen molar-refractivity contribution in [3.8, 4) is 11.8 Å².